The van der Waals surface area contributed by atoms with Crippen LogP contribution in [0.5, 0.6) is 11.5 Å². The van der Waals surface area contributed by atoms with Gasteiger partial charge in [0, 0.05) is 9.13 Å². The number of benzene rings is 2. The summed E-state index contributed by atoms with van der Waals surface area (Å²) in [6.07, 6.45) is 0. The summed E-state index contributed by atoms with van der Waals surface area (Å²) in [5.74, 6) is 7.28. The van der Waals surface area contributed by atoms with Gasteiger partial charge in [0.15, 0.2) is 0 Å². The fourth-order valence-electron chi connectivity index (χ4n) is 2.09. The lowest BCUT2D eigenvalue weighted by Crippen LogP contribution is -2.29. The van der Waals surface area contributed by atoms with E-state index in [4.69, 9.17) is 15.3 Å². The van der Waals surface area contributed by atoms with Crippen LogP contribution in [0.2, 0.25) is 0 Å². The maximum Gasteiger partial charge on any atom is 0.124 e. The van der Waals surface area contributed by atoms with Crippen LogP contribution < -0.4 is 20.7 Å². The van der Waals surface area contributed by atoms with Gasteiger partial charge < -0.3 is 9.47 Å². The van der Waals surface area contributed by atoms with Crippen molar-refractivity contribution in [2.75, 3.05) is 14.2 Å². The molecule has 0 aliphatic rings. The molecule has 0 saturated carbocycles. The summed E-state index contributed by atoms with van der Waals surface area (Å²) in [6.45, 7) is 0. The molecule has 0 saturated heterocycles. The van der Waals surface area contributed by atoms with Crippen LogP contribution in [0.4, 0.5) is 0 Å². The maximum atomic E-state index is 5.74. The molecule has 0 amide bonds. The van der Waals surface area contributed by atoms with Crippen LogP contribution in [-0.2, 0) is 0 Å². The largest absolute Gasteiger partial charge is 0.497 e. The molecule has 2 aromatic rings. The predicted molar refractivity (Wildman–Crippen MR) is 87.9 cm³/mol. The number of nitrogens with one attached hydrogen (secondary N) is 1. The molecule has 0 heterocycles. The van der Waals surface area contributed by atoms with Crippen molar-refractivity contribution < 1.29 is 9.47 Å². The van der Waals surface area contributed by atoms with Crippen molar-refractivity contribution in [3.05, 3.63) is 57.2 Å². The standard InChI is InChI=1S/C15H17IN2O2/c1-19-12-7-8-14(20-2)13(9-12)15(18-17)10-3-5-11(16)6-4-10/h3-9,15,18H,17H2,1-2H3. The fourth-order valence-corrected chi connectivity index (χ4v) is 2.45. The summed E-state index contributed by atoms with van der Waals surface area (Å²) in [6, 6.07) is 13.7. The quantitative estimate of drug-likeness (QED) is 0.473. The van der Waals surface area contributed by atoms with Crippen molar-refractivity contribution in [2.24, 2.45) is 5.84 Å². The van der Waals surface area contributed by atoms with E-state index in [1.165, 1.54) is 3.57 Å². The van der Waals surface area contributed by atoms with Gasteiger partial charge in [0.25, 0.3) is 0 Å². The van der Waals surface area contributed by atoms with Gasteiger partial charge in [-0.15, -0.1) is 0 Å². The molecule has 2 aromatic carbocycles. The van der Waals surface area contributed by atoms with Crippen molar-refractivity contribution in [3.8, 4) is 11.5 Å². The molecule has 2 rings (SSSR count). The average Bonchev–Trinajstić information content (AvgIpc) is 2.49. The minimum Gasteiger partial charge on any atom is -0.497 e. The summed E-state index contributed by atoms with van der Waals surface area (Å²) in [4.78, 5) is 0. The van der Waals surface area contributed by atoms with Gasteiger partial charge >= 0.3 is 0 Å². The molecule has 1 atom stereocenters. The van der Waals surface area contributed by atoms with Gasteiger partial charge in [-0.05, 0) is 58.5 Å². The molecule has 0 aliphatic carbocycles. The van der Waals surface area contributed by atoms with Crippen LogP contribution in [0.3, 0.4) is 0 Å². The Balaban J connectivity index is 2.47. The molecule has 4 nitrogen and oxygen atoms in total. The maximum absolute atomic E-state index is 5.74. The number of ether oxygens (including phenoxy) is 2. The fraction of sp³-hybridized carbons (Fsp3) is 0.200. The third-order valence-electron chi connectivity index (χ3n) is 3.12. The Morgan fingerprint density at radius 1 is 1.05 bits per heavy atom. The molecule has 0 bridgehead atoms. The van der Waals surface area contributed by atoms with E-state index in [9.17, 15) is 0 Å². The van der Waals surface area contributed by atoms with Gasteiger partial charge in [-0.25, -0.2) is 5.43 Å². The summed E-state index contributed by atoms with van der Waals surface area (Å²) >= 11 is 2.28. The SMILES string of the molecule is COc1ccc(OC)c(C(NN)c2ccc(I)cc2)c1. The number of halogens is 1. The number of hydrogen-bond acceptors (Lipinski definition) is 4. The molecule has 20 heavy (non-hydrogen) atoms. The highest BCUT2D eigenvalue weighted by atomic mass is 127. The third-order valence-corrected chi connectivity index (χ3v) is 3.84. The number of rotatable bonds is 5. The molecule has 1 unspecified atom stereocenters. The molecule has 0 aromatic heterocycles. The highest BCUT2D eigenvalue weighted by Gasteiger charge is 2.17. The molecule has 0 aliphatic heterocycles. The lowest BCUT2D eigenvalue weighted by Gasteiger charge is -2.20. The zero-order valence-electron chi connectivity index (χ0n) is 11.4. The highest BCUT2D eigenvalue weighted by molar-refractivity contribution is 14.1. The van der Waals surface area contributed by atoms with E-state index in [1.54, 1.807) is 14.2 Å². The summed E-state index contributed by atoms with van der Waals surface area (Å²) < 4.78 is 11.9. The molecule has 3 N–H and O–H groups in total. The Morgan fingerprint density at radius 2 is 1.75 bits per heavy atom. The number of hydrazine groups is 1. The van der Waals surface area contributed by atoms with Gasteiger partial charge in [0.2, 0.25) is 0 Å². The normalized spacial score (nSPS) is 12.0. The first kappa shape index (κ1) is 15.1. The van der Waals surface area contributed by atoms with Crippen LogP contribution in [-0.4, -0.2) is 14.2 Å². The van der Waals surface area contributed by atoms with Gasteiger partial charge in [0.05, 0.1) is 20.3 Å². The van der Waals surface area contributed by atoms with E-state index < -0.39 is 0 Å². The molecular weight excluding hydrogens is 367 g/mol. The second-order valence-electron chi connectivity index (χ2n) is 4.26. The van der Waals surface area contributed by atoms with Crippen LogP contribution in [0, 0.1) is 3.57 Å². The Bertz CT molecular complexity index is 573. The zero-order chi connectivity index (χ0) is 14.5. The van der Waals surface area contributed by atoms with E-state index in [-0.39, 0.29) is 6.04 Å². The average molecular weight is 384 g/mol. The first-order valence-electron chi connectivity index (χ1n) is 6.13. The molecule has 0 spiro atoms. The second-order valence-corrected chi connectivity index (χ2v) is 5.50. The lowest BCUT2D eigenvalue weighted by atomic mass is 9.98. The number of methoxy groups -OCH3 is 2. The molecular formula is C15H17IN2O2. The van der Waals surface area contributed by atoms with Gasteiger partial charge in [0.1, 0.15) is 11.5 Å². The number of hydrogen-bond donors (Lipinski definition) is 2. The Hall–Kier alpha value is -1.31. The molecule has 106 valence electrons. The summed E-state index contributed by atoms with van der Waals surface area (Å²) in [5.41, 5.74) is 4.85. The van der Waals surface area contributed by atoms with Crippen LogP contribution in [0.1, 0.15) is 17.2 Å². The molecule has 0 radical (unpaired) electrons. The summed E-state index contributed by atoms with van der Waals surface area (Å²) in [7, 11) is 3.29. The Kier molecular flexibility index (Phi) is 5.22. The lowest BCUT2D eigenvalue weighted by molar-refractivity contribution is 0.394. The second kappa shape index (κ2) is 6.92. The topological polar surface area (TPSA) is 56.5 Å². The zero-order valence-corrected chi connectivity index (χ0v) is 13.5. The predicted octanol–water partition coefficient (Wildman–Crippen LogP) is 2.86. The van der Waals surface area contributed by atoms with Gasteiger partial charge in [-0.3, -0.25) is 5.84 Å². The van der Waals surface area contributed by atoms with Crippen molar-refractivity contribution in [3.63, 3.8) is 0 Å². The molecule has 5 heteroatoms. The van der Waals surface area contributed by atoms with E-state index in [0.29, 0.717) is 0 Å². The van der Waals surface area contributed by atoms with E-state index in [0.717, 1.165) is 22.6 Å². The minimum absolute atomic E-state index is 0.156. The Labute approximate surface area is 132 Å². The smallest absolute Gasteiger partial charge is 0.124 e. The van der Waals surface area contributed by atoms with Gasteiger partial charge in [-0.1, -0.05) is 12.1 Å². The molecule has 0 fully saturated rings. The monoisotopic (exact) mass is 384 g/mol. The van der Waals surface area contributed by atoms with Crippen LogP contribution in [0.25, 0.3) is 0 Å². The van der Waals surface area contributed by atoms with Crippen molar-refractivity contribution in [2.45, 2.75) is 6.04 Å². The van der Waals surface area contributed by atoms with Gasteiger partial charge in [-0.2, -0.15) is 0 Å². The number of nitrogens with two attached hydrogens (primary N) is 1. The van der Waals surface area contributed by atoms with Crippen LogP contribution >= 0.6 is 22.6 Å². The van der Waals surface area contributed by atoms with Crippen LogP contribution in [0.15, 0.2) is 42.5 Å². The first-order valence-corrected chi connectivity index (χ1v) is 7.21. The highest BCUT2D eigenvalue weighted by Crippen LogP contribution is 2.32. The van der Waals surface area contributed by atoms with Crippen molar-refractivity contribution in [1.82, 2.24) is 5.43 Å². The first-order chi connectivity index (χ1) is 9.69. The van der Waals surface area contributed by atoms with E-state index >= 15 is 0 Å². The van der Waals surface area contributed by atoms with Crippen molar-refractivity contribution in [1.29, 1.82) is 0 Å². The van der Waals surface area contributed by atoms with E-state index in [2.05, 4.69) is 28.0 Å². The minimum atomic E-state index is -0.156. The summed E-state index contributed by atoms with van der Waals surface area (Å²) in [5, 5.41) is 0. The van der Waals surface area contributed by atoms with Crippen molar-refractivity contribution >= 4 is 22.6 Å². The van der Waals surface area contributed by atoms with E-state index in [1.807, 2.05) is 42.5 Å². The Morgan fingerprint density at radius 3 is 2.30 bits per heavy atom. The third kappa shape index (κ3) is 3.23.